The lowest BCUT2D eigenvalue weighted by Crippen LogP contribution is -2.02. The molecule has 0 bridgehead atoms. The van der Waals surface area contributed by atoms with Crippen LogP contribution in [0.4, 0.5) is 18.9 Å². The second-order valence-corrected chi connectivity index (χ2v) is 5.47. The van der Waals surface area contributed by atoms with E-state index in [0.717, 1.165) is 0 Å². The molecule has 0 fully saturated rings. The van der Waals surface area contributed by atoms with Crippen molar-refractivity contribution in [2.75, 3.05) is 17.2 Å². The molecule has 0 saturated carbocycles. The number of alkyl halides is 3. The Morgan fingerprint density at radius 2 is 1.94 bits per heavy atom. The standard InChI is InChI=1S/C9H9ClF3NS2/c10-6-2-1-3-7(14)8(6)15-4-5-16-9(11,12)13/h1-3H,4-5,14H2. The van der Waals surface area contributed by atoms with Gasteiger partial charge >= 0.3 is 5.51 Å². The Hall–Kier alpha value is -0.200. The Morgan fingerprint density at radius 1 is 1.25 bits per heavy atom. The van der Waals surface area contributed by atoms with Gasteiger partial charge in [0, 0.05) is 22.1 Å². The lowest BCUT2D eigenvalue weighted by atomic mass is 10.3. The molecular weight excluding hydrogens is 279 g/mol. The van der Waals surface area contributed by atoms with Crippen LogP contribution in [0.2, 0.25) is 5.02 Å². The van der Waals surface area contributed by atoms with Gasteiger partial charge in [0.05, 0.1) is 5.02 Å². The zero-order valence-corrected chi connectivity index (χ0v) is 10.4. The van der Waals surface area contributed by atoms with Crippen LogP contribution in [-0.2, 0) is 0 Å². The van der Waals surface area contributed by atoms with Crippen LogP contribution in [0, 0.1) is 0 Å². The highest BCUT2D eigenvalue weighted by molar-refractivity contribution is 8.03. The quantitative estimate of drug-likeness (QED) is 0.509. The number of nitrogens with two attached hydrogens (primary N) is 1. The highest BCUT2D eigenvalue weighted by Gasteiger charge is 2.27. The summed E-state index contributed by atoms with van der Waals surface area (Å²) in [4.78, 5) is 0.645. The fourth-order valence-electron chi connectivity index (χ4n) is 0.979. The third-order valence-corrected chi connectivity index (χ3v) is 4.17. The minimum Gasteiger partial charge on any atom is -0.398 e. The first-order valence-electron chi connectivity index (χ1n) is 4.27. The van der Waals surface area contributed by atoms with Gasteiger partial charge in [-0.3, -0.25) is 0 Å². The lowest BCUT2D eigenvalue weighted by Gasteiger charge is -2.08. The Balaban J connectivity index is 2.43. The molecular formula is C9H9ClF3NS2. The van der Waals surface area contributed by atoms with Crippen molar-refractivity contribution in [3.63, 3.8) is 0 Å². The SMILES string of the molecule is Nc1cccc(Cl)c1SCCSC(F)(F)F. The lowest BCUT2D eigenvalue weighted by molar-refractivity contribution is -0.0326. The zero-order valence-electron chi connectivity index (χ0n) is 8.05. The average Bonchev–Trinajstić information content (AvgIpc) is 2.14. The summed E-state index contributed by atoms with van der Waals surface area (Å²) in [5.74, 6) is 0.303. The van der Waals surface area contributed by atoms with Gasteiger partial charge in [0.25, 0.3) is 0 Å². The van der Waals surface area contributed by atoms with Crippen molar-refractivity contribution in [1.29, 1.82) is 0 Å². The van der Waals surface area contributed by atoms with E-state index in [9.17, 15) is 13.2 Å². The van der Waals surface area contributed by atoms with Gasteiger partial charge < -0.3 is 5.73 Å². The average molecular weight is 288 g/mol. The molecule has 0 saturated heterocycles. The Labute approximate surface area is 105 Å². The van der Waals surface area contributed by atoms with Crippen LogP contribution >= 0.6 is 35.1 Å². The number of anilines is 1. The third-order valence-electron chi connectivity index (χ3n) is 1.59. The van der Waals surface area contributed by atoms with E-state index >= 15 is 0 Å². The first kappa shape index (κ1) is 13.9. The summed E-state index contributed by atoms with van der Waals surface area (Å²) in [5, 5.41) is 0.474. The molecule has 2 N–H and O–H groups in total. The van der Waals surface area contributed by atoms with Gasteiger partial charge in [0.1, 0.15) is 0 Å². The molecule has 16 heavy (non-hydrogen) atoms. The number of rotatable bonds is 4. The molecule has 7 heteroatoms. The first-order chi connectivity index (χ1) is 7.40. The van der Waals surface area contributed by atoms with Crippen molar-refractivity contribution in [3.8, 4) is 0 Å². The predicted octanol–water partition coefficient (Wildman–Crippen LogP) is 4.27. The number of thioether (sulfide) groups is 2. The molecule has 1 nitrogen and oxygen atoms in total. The molecule has 0 aliphatic rings. The molecule has 0 amide bonds. The molecule has 0 aliphatic carbocycles. The molecule has 1 rings (SSSR count). The van der Waals surface area contributed by atoms with Crippen molar-refractivity contribution in [1.82, 2.24) is 0 Å². The second-order valence-electron chi connectivity index (χ2n) is 2.80. The van der Waals surface area contributed by atoms with E-state index in [-0.39, 0.29) is 17.5 Å². The van der Waals surface area contributed by atoms with Crippen molar-refractivity contribution < 1.29 is 13.2 Å². The van der Waals surface area contributed by atoms with Crippen molar-refractivity contribution in [3.05, 3.63) is 23.2 Å². The number of hydrogen-bond donors (Lipinski definition) is 1. The normalized spacial score (nSPS) is 11.8. The molecule has 0 aromatic heterocycles. The topological polar surface area (TPSA) is 26.0 Å². The minimum atomic E-state index is -4.17. The maximum absolute atomic E-state index is 11.8. The Kier molecular flexibility index (Phi) is 5.14. The highest BCUT2D eigenvalue weighted by atomic mass is 35.5. The van der Waals surface area contributed by atoms with Crippen LogP contribution in [-0.4, -0.2) is 17.0 Å². The number of benzene rings is 1. The molecule has 1 aromatic carbocycles. The molecule has 0 aliphatic heterocycles. The van der Waals surface area contributed by atoms with Gasteiger partial charge in [0.15, 0.2) is 0 Å². The summed E-state index contributed by atoms with van der Waals surface area (Å²) in [6.45, 7) is 0. The van der Waals surface area contributed by atoms with Gasteiger partial charge in [-0.05, 0) is 12.1 Å². The van der Waals surface area contributed by atoms with E-state index in [1.807, 2.05) is 0 Å². The van der Waals surface area contributed by atoms with Crippen molar-refractivity contribution >= 4 is 40.8 Å². The van der Waals surface area contributed by atoms with E-state index in [4.69, 9.17) is 17.3 Å². The summed E-state index contributed by atoms with van der Waals surface area (Å²) >= 11 is 7.06. The van der Waals surface area contributed by atoms with E-state index in [1.165, 1.54) is 11.8 Å². The zero-order chi connectivity index (χ0) is 12.2. The van der Waals surface area contributed by atoms with Crippen LogP contribution in [0.5, 0.6) is 0 Å². The number of nitrogen functional groups attached to an aromatic ring is 1. The molecule has 0 atom stereocenters. The predicted molar refractivity (Wildman–Crippen MR) is 65.1 cm³/mol. The fraction of sp³-hybridized carbons (Fsp3) is 0.333. The molecule has 0 heterocycles. The summed E-state index contributed by atoms with van der Waals surface area (Å²) in [6, 6.07) is 5.04. The van der Waals surface area contributed by atoms with E-state index in [0.29, 0.717) is 21.4 Å². The largest absolute Gasteiger partial charge is 0.441 e. The maximum atomic E-state index is 11.8. The fourth-order valence-corrected chi connectivity index (χ4v) is 2.87. The van der Waals surface area contributed by atoms with Crippen LogP contribution in [0.3, 0.4) is 0 Å². The van der Waals surface area contributed by atoms with Crippen LogP contribution < -0.4 is 5.73 Å². The monoisotopic (exact) mass is 287 g/mol. The van der Waals surface area contributed by atoms with Gasteiger partial charge in [0.2, 0.25) is 0 Å². The Morgan fingerprint density at radius 3 is 2.50 bits per heavy atom. The van der Waals surface area contributed by atoms with Crippen LogP contribution in [0.25, 0.3) is 0 Å². The van der Waals surface area contributed by atoms with Crippen LogP contribution in [0.1, 0.15) is 0 Å². The third kappa shape index (κ3) is 4.76. The number of hydrogen-bond acceptors (Lipinski definition) is 3. The first-order valence-corrected chi connectivity index (χ1v) is 6.62. The molecule has 1 aromatic rings. The summed E-state index contributed by atoms with van der Waals surface area (Å²) < 4.78 is 35.5. The molecule has 90 valence electrons. The maximum Gasteiger partial charge on any atom is 0.441 e. The molecule has 0 radical (unpaired) electrons. The van der Waals surface area contributed by atoms with Crippen molar-refractivity contribution in [2.24, 2.45) is 0 Å². The summed E-state index contributed by atoms with van der Waals surface area (Å²) in [5.41, 5.74) is 1.98. The van der Waals surface area contributed by atoms with Gasteiger partial charge in [-0.15, -0.1) is 11.8 Å². The van der Waals surface area contributed by atoms with Gasteiger partial charge in [-0.2, -0.15) is 13.2 Å². The van der Waals surface area contributed by atoms with Gasteiger partial charge in [-0.25, -0.2) is 0 Å². The smallest absolute Gasteiger partial charge is 0.398 e. The van der Waals surface area contributed by atoms with E-state index < -0.39 is 5.51 Å². The summed E-state index contributed by atoms with van der Waals surface area (Å²) in [7, 11) is 0. The van der Waals surface area contributed by atoms with E-state index in [1.54, 1.807) is 18.2 Å². The van der Waals surface area contributed by atoms with Crippen LogP contribution in [0.15, 0.2) is 23.1 Å². The Bertz CT molecular complexity index is 337. The van der Waals surface area contributed by atoms with Gasteiger partial charge in [-0.1, -0.05) is 29.4 Å². The minimum absolute atomic E-state index is 0.0150. The summed E-state index contributed by atoms with van der Waals surface area (Å²) in [6.07, 6.45) is 0. The number of halogens is 4. The second kappa shape index (κ2) is 5.93. The molecule has 0 unspecified atom stereocenters. The highest BCUT2D eigenvalue weighted by Crippen LogP contribution is 2.35. The molecule has 0 spiro atoms. The van der Waals surface area contributed by atoms with Crippen molar-refractivity contribution in [2.45, 2.75) is 10.4 Å². The van der Waals surface area contributed by atoms with E-state index in [2.05, 4.69) is 0 Å².